The highest BCUT2D eigenvalue weighted by molar-refractivity contribution is 6.59. The van der Waals surface area contributed by atoms with Gasteiger partial charge in [-0.2, -0.15) is 0 Å². The van der Waals surface area contributed by atoms with Crippen molar-refractivity contribution in [2.45, 2.75) is 44.3 Å². The van der Waals surface area contributed by atoms with Gasteiger partial charge in [-0.15, -0.1) is 0 Å². The zero-order valence-corrected chi connectivity index (χ0v) is 11.0. The average molecular weight is 204 g/mol. The van der Waals surface area contributed by atoms with E-state index in [0.717, 1.165) is 13.0 Å². The molecule has 0 aromatic carbocycles. The zero-order chi connectivity index (χ0) is 9.03. The van der Waals surface area contributed by atoms with E-state index in [9.17, 15) is 0 Å². The summed E-state index contributed by atoms with van der Waals surface area (Å²) in [7, 11) is -1.14. The van der Waals surface area contributed by atoms with Crippen molar-refractivity contribution >= 4 is 18.6 Å². The summed E-state index contributed by atoms with van der Waals surface area (Å²) in [6.07, 6.45) is 3.66. The summed E-state index contributed by atoms with van der Waals surface area (Å²) in [4.78, 5) is 0. The molecule has 1 fully saturated rings. The van der Waals surface area contributed by atoms with Crippen LogP contribution in [0.4, 0.5) is 0 Å². The standard InChI is InChI=1S/C8H20O2Si2/c1-11-10-8(12(2)3)6-4-5-7-9-8/h12H,4-7,11H2,1-3H3. The van der Waals surface area contributed by atoms with Gasteiger partial charge in [0.2, 0.25) is 0 Å². The molecule has 0 radical (unpaired) electrons. The maximum absolute atomic E-state index is 5.91. The summed E-state index contributed by atoms with van der Waals surface area (Å²) in [5.41, 5.74) is -0.0702. The Bertz CT molecular complexity index is 128. The Kier molecular flexibility index (Phi) is 3.96. The third kappa shape index (κ3) is 2.19. The van der Waals surface area contributed by atoms with Crippen molar-refractivity contribution in [3.63, 3.8) is 0 Å². The molecule has 0 amide bonds. The van der Waals surface area contributed by atoms with E-state index in [0.29, 0.717) is 0 Å². The van der Waals surface area contributed by atoms with Gasteiger partial charge in [0.1, 0.15) is 14.2 Å². The molecule has 0 aromatic heterocycles. The molecule has 1 aliphatic heterocycles. The van der Waals surface area contributed by atoms with Crippen LogP contribution in [0.2, 0.25) is 19.6 Å². The van der Waals surface area contributed by atoms with E-state index in [1.165, 1.54) is 12.8 Å². The largest absolute Gasteiger partial charge is 0.401 e. The first-order valence-corrected chi connectivity index (χ1v) is 9.87. The van der Waals surface area contributed by atoms with Gasteiger partial charge in [0.15, 0.2) is 9.76 Å². The molecule has 1 aliphatic rings. The van der Waals surface area contributed by atoms with Gasteiger partial charge >= 0.3 is 0 Å². The maximum Gasteiger partial charge on any atom is 0.161 e. The normalized spacial score (nSPS) is 32.0. The van der Waals surface area contributed by atoms with Crippen molar-refractivity contribution in [1.29, 1.82) is 0 Å². The monoisotopic (exact) mass is 204 g/mol. The van der Waals surface area contributed by atoms with Crippen LogP contribution >= 0.6 is 0 Å². The van der Waals surface area contributed by atoms with Gasteiger partial charge in [0, 0.05) is 6.61 Å². The highest BCUT2D eigenvalue weighted by Crippen LogP contribution is 2.28. The van der Waals surface area contributed by atoms with E-state index < -0.39 is 8.80 Å². The molecule has 1 saturated heterocycles. The molecule has 72 valence electrons. The molecule has 1 atom stereocenters. The van der Waals surface area contributed by atoms with Crippen molar-refractivity contribution in [1.82, 2.24) is 0 Å². The van der Waals surface area contributed by atoms with Crippen molar-refractivity contribution in [2.24, 2.45) is 0 Å². The molecule has 1 unspecified atom stereocenters. The van der Waals surface area contributed by atoms with Crippen LogP contribution < -0.4 is 0 Å². The van der Waals surface area contributed by atoms with E-state index in [4.69, 9.17) is 9.16 Å². The Hall–Kier alpha value is 0.354. The van der Waals surface area contributed by atoms with Crippen LogP contribution in [-0.2, 0) is 9.16 Å². The predicted octanol–water partition coefficient (Wildman–Crippen LogP) is 1.06. The van der Waals surface area contributed by atoms with Gasteiger partial charge in [-0.3, -0.25) is 0 Å². The molecule has 2 nitrogen and oxygen atoms in total. The van der Waals surface area contributed by atoms with Crippen molar-refractivity contribution < 1.29 is 9.16 Å². The van der Waals surface area contributed by atoms with Gasteiger partial charge in [0.05, 0.1) is 0 Å². The van der Waals surface area contributed by atoms with E-state index in [1.807, 2.05) is 0 Å². The Morgan fingerprint density at radius 3 is 2.58 bits per heavy atom. The quantitative estimate of drug-likeness (QED) is 0.640. The van der Waals surface area contributed by atoms with Gasteiger partial charge < -0.3 is 9.16 Å². The van der Waals surface area contributed by atoms with Crippen molar-refractivity contribution in [2.75, 3.05) is 6.61 Å². The average Bonchev–Trinajstić information content (AvgIpc) is 2.06. The van der Waals surface area contributed by atoms with Crippen molar-refractivity contribution in [3.8, 4) is 0 Å². The number of rotatable bonds is 3. The van der Waals surface area contributed by atoms with Crippen LogP contribution in [0.5, 0.6) is 0 Å². The first-order chi connectivity index (χ1) is 5.71. The molecule has 0 aliphatic carbocycles. The second kappa shape index (κ2) is 4.55. The molecule has 4 heteroatoms. The molecule has 0 spiro atoms. The molecule has 0 aromatic rings. The van der Waals surface area contributed by atoms with Gasteiger partial charge in [-0.25, -0.2) is 0 Å². The fourth-order valence-electron chi connectivity index (χ4n) is 1.77. The lowest BCUT2D eigenvalue weighted by Gasteiger charge is -2.40. The van der Waals surface area contributed by atoms with Crippen molar-refractivity contribution in [3.05, 3.63) is 0 Å². The summed E-state index contributed by atoms with van der Waals surface area (Å²) < 4.78 is 11.8. The lowest BCUT2D eigenvalue weighted by molar-refractivity contribution is -0.148. The first-order valence-electron chi connectivity index (χ1n) is 4.99. The molecule has 1 heterocycles. The van der Waals surface area contributed by atoms with Crippen LogP contribution in [0.3, 0.4) is 0 Å². The summed E-state index contributed by atoms with van der Waals surface area (Å²) in [6, 6.07) is 0. The molecule has 1 rings (SSSR count). The van der Waals surface area contributed by atoms with Crippen LogP contribution in [0, 0.1) is 0 Å². The Balaban J connectivity index is 2.56. The predicted molar refractivity (Wildman–Crippen MR) is 56.9 cm³/mol. The number of ether oxygens (including phenoxy) is 1. The zero-order valence-electron chi connectivity index (χ0n) is 8.43. The topological polar surface area (TPSA) is 18.5 Å². The van der Waals surface area contributed by atoms with E-state index in [-0.39, 0.29) is 15.2 Å². The van der Waals surface area contributed by atoms with Gasteiger partial charge in [-0.05, 0) is 19.3 Å². The molecule has 12 heavy (non-hydrogen) atoms. The fourth-order valence-corrected chi connectivity index (χ4v) is 5.55. The smallest absolute Gasteiger partial charge is 0.161 e. The molecule has 0 N–H and O–H groups in total. The summed E-state index contributed by atoms with van der Waals surface area (Å²) in [5.74, 6) is 0. The number of hydrogen-bond acceptors (Lipinski definition) is 2. The summed E-state index contributed by atoms with van der Waals surface area (Å²) >= 11 is 0. The minimum Gasteiger partial charge on any atom is -0.401 e. The highest BCUT2D eigenvalue weighted by Gasteiger charge is 2.37. The third-order valence-electron chi connectivity index (χ3n) is 2.53. The van der Waals surface area contributed by atoms with Crippen LogP contribution in [-0.4, -0.2) is 30.6 Å². The van der Waals surface area contributed by atoms with Gasteiger partial charge in [-0.1, -0.05) is 19.6 Å². The van der Waals surface area contributed by atoms with Crippen LogP contribution in [0.25, 0.3) is 0 Å². The Labute approximate surface area is 79.2 Å². The van der Waals surface area contributed by atoms with E-state index in [1.54, 1.807) is 0 Å². The lowest BCUT2D eigenvalue weighted by atomic mass is 10.2. The minimum absolute atomic E-state index is 0.0702. The molecular weight excluding hydrogens is 184 g/mol. The minimum atomic E-state index is -0.815. The first kappa shape index (κ1) is 10.4. The van der Waals surface area contributed by atoms with Crippen LogP contribution in [0.1, 0.15) is 19.3 Å². The molecular formula is C8H20O2Si2. The second-order valence-corrected chi connectivity index (χ2v) is 7.76. The molecule has 0 saturated carbocycles. The second-order valence-electron chi connectivity index (χ2n) is 3.71. The van der Waals surface area contributed by atoms with Gasteiger partial charge in [0.25, 0.3) is 0 Å². The SMILES string of the molecule is C[SiH2]OC1([SiH](C)C)CCCCO1. The summed E-state index contributed by atoms with van der Waals surface area (Å²) in [5, 5.41) is 0. The lowest BCUT2D eigenvalue weighted by Crippen LogP contribution is -2.50. The van der Waals surface area contributed by atoms with E-state index in [2.05, 4.69) is 19.6 Å². The Morgan fingerprint density at radius 1 is 1.42 bits per heavy atom. The van der Waals surface area contributed by atoms with E-state index >= 15 is 0 Å². The highest BCUT2D eigenvalue weighted by atomic mass is 28.3. The maximum atomic E-state index is 5.91. The van der Waals surface area contributed by atoms with Crippen LogP contribution in [0.15, 0.2) is 0 Å². The number of hydrogen-bond donors (Lipinski definition) is 0. The molecule has 0 bridgehead atoms. The third-order valence-corrected chi connectivity index (χ3v) is 6.03. The summed E-state index contributed by atoms with van der Waals surface area (Å²) in [6.45, 7) is 7.76. The Morgan fingerprint density at radius 2 is 2.17 bits per heavy atom. The fraction of sp³-hybridized carbons (Fsp3) is 1.00.